The van der Waals surface area contributed by atoms with Gasteiger partial charge in [0.25, 0.3) is 5.91 Å². The Balaban J connectivity index is 0.000000211. The van der Waals surface area contributed by atoms with E-state index in [0.29, 0.717) is 12.0 Å². The molecule has 7 heteroatoms. The number of carbonyl (C=O) groups excluding carboxylic acids is 2. The second-order valence-corrected chi connectivity index (χ2v) is 9.49. The molecule has 4 aromatic carbocycles. The van der Waals surface area contributed by atoms with Crippen molar-refractivity contribution in [1.29, 1.82) is 0 Å². The Hall–Kier alpha value is -4.10. The molecule has 0 aliphatic rings. The molecule has 0 heterocycles. The fraction of sp³-hybridized carbons (Fsp3) is 0.161. The molecule has 4 rings (SSSR count). The highest BCUT2D eigenvalue weighted by molar-refractivity contribution is 7.98. The summed E-state index contributed by atoms with van der Waals surface area (Å²) in [6.07, 6.45) is 1.43. The number of halogens is 1. The molecule has 0 aliphatic carbocycles. The summed E-state index contributed by atoms with van der Waals surface area (Å²) in [5.41, 5.74) is 3.65. The van der Waals surface area contributed by atoms with Gasteiger partial charge in [0.15, 0.2) is 0 Å². The quantitative estimate of drug-likeness (QED) is 0.176. The van der Waals surface area contributed by atoms with Gasteiger partial charge < -0.3 is 15.4 Å². The summed E-state index contributed by atoms with van der Waals surface area (Å²) < 4.78 is 18.1. The Bertz CT molecular complexity index is 1290. The van der Waals surface area contributed by atoms with E-state index in [0.717, 1.165) is 28.5 Å². The van der Waals surface area contributed by atoms with Gasteiger partial charge in [0.1, 0.15) is 11.6 Å². The molecule has 0 aromatic heterocycles. The lowest BCUT2D eigenvalue weighted by Crippen LogP contribution is -2.34. The average Bonchev–Trinajstić information content (AvgIpc) is 2.94. The monoisotopic (exact) mass is 530 g/mol. The molecule has 1 atom stereocenters. The zero-order chi connectivity index (χ0) is 27.2. The van der Waals surface area contributed by atoms with Gasteiger partial charge in [-0.1, -0.05) is 60.7 Å². The van der Waals surface area contributed by atoms with E-state index in [4.69, 9.17) is 4.74 Å². The molecular formula is C31H31FN2O3S. The van der Waals surface area contributed by atoms with E-state index in [1.807, 2.05) is 73.7 Å². The molecule has 0 saturated heterocycles. The van der Waals surface area contributed by atoms with Gasteiger partial charge in [-0.25, -0.2) is 4.39 Å². The summed E-state index contributed by atoms with van der Waals surface area (Å²) >= 11 is 1.71. The van der Waals surface area contributed by atoms with Crippen LogP contribution in [0.3, 0.4) is 0 Å². The standard InChI is InChI=1S/C16H16FNO.C15H15NO2S/c1-12(11-13-5-3-2-4-6-13)18-16(19)14-7-9-15(17)10-8-14;1-18-14-9-13(16-11-17)7-8-15(14)19-10-12-5-3-2-4-6-12/h2-10,12H,11H2,1H3,(H,18,19);2-9,11H,10H2,1H3,(H,16,17). The number of nitrogens with one attached hydrogen (secondary N) is 2. The number of hydrogen-bond donors (Lipinski definition) is 2. The number of methoxy groups -OCH3 is 1. The van der Waals surface area contributed by atoms with Crippen molar-refractivity contribution in [3.8, 4) is 5.75 Å². The van der Waals surface area contributed by atoms with Crippen molar-refractivity contribution in [2.24, 2.45) is 0 Å². The lowest BCUT2D eigenvalue weighted by molar-refractivity contribution is -0.105. The molecule has 5 nitrogen and oxygen atoms in total. The number of hydrogen-bond acceptors (Lipinski definition) is 4. The van der Waals surface area contributed by atoms with Gasteiger partial charge in [0, 0.05) is 34.0 Å². The summed E-state index contributed by atoms with van der Waals surface area (Å²) in [6.45, 7) is 1.95. The summed E-state index contributed by atoms with van der Waals surface area (Å²) in [7, 11) is 1.63. The summed E-state index contributed by atoms with van der Waals surface area (Å²) in [6, 6.07) is 31.5. The lowest BCUT2D eigenvalue weighted by atomic mass is 10.1. The molecule has 2 amide bonds. The molecule has 38 heavy (non-hydrogen) atoms. The highest BCUT2D eigenvalue weighted by atomic mass is 32.2. The van der Waals surface area contributed by atoms with Crippen LogP contribution in [0, 0.1) is 5.82 Å². The first-order chi connectivity index (χ1) is 18.5. The second kappa shape index (κ2) is 15.2. The number of anilines is 1. The van der Waals surface area contributed by atoms with Crippen LogP contribution in [0.4, 0.5) is 10.1 Å². The SMILES string of the molecule is CC(Cc1ccccc1)NC(=O)c1ccc(F)cc1.COc1cc(NC=O)ccc1SCc1ccccc1. The van der Waals surface area contributed by atoms with Crippen LogP contribution in [0.15, 0.2) is 108 Å². The van der Waals surface area contributed by atoms with E-state index in [1.54, 1.807) is 18.9 Å². The summed E-state index contributed by atoms with van der Waals surface area (Å²) in [4.78, 5) is 23.4. The third-order valence-corrected chi connectivity index (χ3v) is 6.62. The number of ether oxygens (including phenoxy) is 1. The van der Waals surface area contributed by atoms with Crippen LogP contribution in [0.1, 0.15) is 28.4 Å². The average molecular weight is 531 g/mol. The van der Waals surface area contributed by atoms with Gasteiger partial charge >= 0.3 is 0 Å². The van der Waals surface area contributed by atoms with Crippen molar-refractivity contribution >= 4 is 29.8 Å². The Morgan fingerprint density at radius 3 is 2.16 bits per heavy atom. The van der Waals surface area contributed by atoms with E-state index >= 15 is 0 Å². The van der Waals surface area contributed by atoms with Crippen LogP contribution in [0.5, 0.6) is 5.75 Å². The van der Waals surface area contributed by atoms with E-state index in [-0.39, 0.29) is 17.8 Å². The van der Waals surface area contributed by atoms with Gasteiger partial charge in [-0.05, 0) is 60.9 Å². The summed E-state index contributed by atoms with van der Waals surface area (Å²) in [5, 5.41) is 5.52. The van der Waals surface area contributed by atoms with Crippen molar-refractivity contribution in [1.82, 2.24) is 5.32 Å². The normalized spacial score (nSPS) is 10.9. The van der Waals surface area contributed by atoms with Crippen LogP contribution < -0.4 is 15.4 Å². The first-order valence-electron chi connectivity index (χ1n) is 12.1. The van der Waals surface area contributed by atoms with Gasteiger partial charge in [0.05, 0.1) is 7.11 Å². The predicted molar refractivity (Wildman–Crippen MR) is 152 cm³/mol. The van der Waals surface area contributed by atoms with E-state index < -0.39 is 0 Å². The van der Waals surface area contributed by atoms with E-state index in [1.165, 1.54) is 35.4 Å². The van der Waals surface area contributed by atoms with Crippen LogP contribution in [0.2, 0.25) is 0 Å². The Kier molecular flexibility index (Phi) is 11.4. The summed E-state index contributed by atoms with van der Waals surface area (Å²) in [5.74, 6) is 1.14. The zero-order valence-corrected chi connectivity index (χ0v) is 22.2. The first kappa shape index (κ1) is 28.5. The number of rotatable bonds is 10. The molecule has 4 aromatic rings. The molecule has 2 N–H and O–H groups in total. The van der Waals surface area contributed by atoms with E-state index in [9.17, 15) is 14.0 Å². The zero-order valence-electron chi connectivity index (χ0n) is 21.4. The van der Waals surface area contributed by atoms with Crippen LogP contribution in [0.25, 0.3) is 0 Å². The number of benzene rings is 4. The Morgan fingerprint density at radius 2 is 1.55 bits per heavy atom. The lowest BCUT2D eigenvalue weighted by Gasteiger charge is -2.14. The van der Waals surface area contributed by atoms with Gasteiger partial charge in [-0.3, -0.25) is 9.59 Å². The number of amides is 2. The largest absolute Gasteiger partial charge is 0.496 e. The predicted octanol–water partition coefficient (Wildman–Crippen LogP) is 6.74. The minimum Gasteiger partial charge on any atom is -0.496 e. The third-order valence-electron chi connectivity index (χ3n) is 5.49. The second-order valence-electron chi connectivity index (χ2n) is 8.47. The van der Waals surface area contributed by atoms with Crippen molar-refractivity contribution in [3.05, 3.63) is 126 Å². The van der Waals surface area contributed by atoms with Crippen molar-refractivity contribution in [3.63, 3.8) is 0 Å². The third kappa shape index (κ3) is 9.41. The smallest absolute Gasteiger partial charge is 0.251 e. The molecular weight excluding hydrogens is 499 g/mol. The molecule has 0 fully saturated rings. The van der Waals surface area contributed by atoms with E-state index in [2.05, 4.69) is 22.8 Å². The fourth-order valence-corrected chi connectivity index (χ4v) is 4.57. The first-order valence-corrected chi connectivity index (χ1v) is 13.1. The molecule has 1 unspecified atom stereocenters. The molecule has 196 valence electrons. The van der Waals surface area contributed by atoms with Crippen LogP contribution in [-0.2, 0) is 17.0 Å². The van der Waals surface area contributed by atoms with Crippen molar-refractivity contribution in [2.75, 3.05) is 12.4 Å². The maximum Gasteiger partial charge on any atom is 0.251 e. The minimum atomic E-state index is -0.339. The molecule has 0 bridgehead atoms. The minimum absolute atomic E-state index is 0.0277. The number of carbonyl (C=O) groups is 2. The highest BCUT2D eigenvalue weighted by Gasteiger charge is 2.10. The fourth-order valence-electron chi connectivity index (χ4n) is 3.61. The Labute approximate surface area is 227 Å². The molecule has 0 aliphatic heterocycles. The molecule has 0 saturated carbocycles. The van der Waals surface area contributed by atoms with Gasteiger partial charge in [-0.2, -0.15) is 0 Å². The maximum atomic E-state index is 12.8. The molecule has 0 radical (unpaired) electrons. The number of thioether (sulfide) groups is 1. The van der Waals surface area contributed by atoms with Crippen LogP contribution >= 0.6 is 11.8 Å². The molecule has 0 spiro atoms. The maximum absolute atomic E-state index is 12.8. The van der Waals surface area contributed by atoms with Crippen molar-refractivity contribution < 1.29 is 18.7 Å². The van der Waals surface area contributed by atoms with Crippen LogP contribution in [-0.4, -0.2) is 25.5 Å². The topological polar surface area (TPSA) is 67.4 Å². The highest BCUT2D eigenvalue weighted by Crippen LogP contribution is 2.33. The Morgan fingerprint density at radius 1 is 0.921 bits per heavy atom. The van der Waals surface area contributed by atoms with Gasteiger partial charge in [0.2, 0.25) is 6.41 Å². The van der Waals surface area contributed by atoms with Gasteiger partial charge in [-0.15, -0.1) is 11.8 Å². The van der Waals surface area contributed by atoms with Crippen molar-refractivity contribution in [2.45, 2.75) is 30.0 Å².